The van der Waals surface area contributed by atoms with Crippen LogP contribution in [0.4, 0.5) is 0 Å². The van der Waals surface area contributed by atoms with E-state index in [1.165, 1.54) is 25.1 Å². The molecular formula is C13H22N4. The van der Waals surface area contributed by atoms with Crippen molar-refractivity contribution in [2.24, 2.45) is 5.73 Å². The topological polar surface area (TPSA) is 55.0 Å². The summed E-state index contributed by atoms with van der Waals surface area (Å²) in [5, 5.41) is 0. The number of hydrogen-bond donors (Lipinski definition) is 1. The Morgan fingerprint density at radius 3 is 3.00 bits per heavy atom. The summed E-state index contributed by atoms with van der Waals surface area (Å²) in [6.07, 6.45) is 3.27. The first kappa shape index (κ1) is 12.5. The SMILES string of the molecule is Cc1cc(C2CCCN(C)C2)nc(CCN)n1. The van der Waals surface area contributed by atoms with Gasteiger partial charge in [0.15, 0.2) is 0 Å². The Morgan fingerprint density at radius 1 is 1.47 bits per heavy atom. The van der Waals surface area contributed by atoms with Crippen molar-refractivity contribution in [1.29, 1.82) is 0 Å². The van der Waals surface area contributed by atoms with Gasteiger partial charge in [0.25, 0.3) is 0 Å². The number of piperidine rings is 1. The van der Waals surface area contributed by atoms with Crippen LogP contribution >= 0.6 is 0 Å². The molecule has 2 heterocycles. The second kappa shape index (κ2) is 5.56. The molecule has 4 nitrogen and oxygen atoms in total. The van der Waals surface area contributed by atoms with Crippen molar-refractivity contribution in [1.82, 2.24) is 14.9 Å². The van der Waals surface area contributed by atoms with E-state index in [4.69, 9.17) is 5.73 Å². The van der Waals surface area contributed by atoms with Gasteiger partial charge < -0.3 is 10.6 Å². The first-order valence-electron chi connectivity index (χ1n) is 6.42. The van der Waals surface area contributed by atoms with Gasteiger partial charge in [-0.3, -0.25) is 0 Å². The van der Waals surface area contributed by atoms with E-state index in [9.17, 15) is 0 Å². The van der Waals surface area contributed by atoms with E-state index in [2.05, 4.69) is 28.0 Å². The van der Waals surface area contributed by atoms with Crippen molar-refractivity contribution in [2.75, 3.05) is 26.7 Å². The first-order chi connectivity index (χ1) is 8.19. The standard InChI is InChI=1S/C13H22N4/c1-10-8-12(16-13(15-10)5-6-14)11-4-3-7-17(2)9-11/h8,11H,3-7,9,14H2,1-2H3. The maximum Gasteiger partial charge on any atom is 0.130 e. The lowest BCUT2D eigenvalue weighted by molar-refractivity contribution is 0.248. The third kappa shape index (κ3) is 3.23. The summed E-state index contributed by atoms with van der Waals surface area (Å²) in [6.45, 7) is 4.97. The molecule has 1 fully saturated rings. The van der Waals surface area contributed by atoms with Gasteiger partial charge in [0.05, 0.1) is 0 Å². The molecule has 0 radical (unpaired) electrons. The number of hydrogen-bond acceptors (Lipinski definition) is 4. The largest absolute Gasteiger partial charge is 0.330 e. The highest BCUT2D eigenvalue weighted by Gasteiger charge is 2.20. The fourth-order valence-corrected chi connectivity index (χ4v) is 2.51. The zero-order chi connectivity index (χ0) is 12.3. The Hall–Kier alpha value is -1.00. The summed E-state index contributed by atoms with van der Waals surface area (Å²) in [4.78, 5) is 11.5. The van der Waals surface area contributed by atoms with E-state index >= 15 is 0 Å². The summed E-state index contributed by atoms with van der Waals surface area (Å²) in [5.41, 5.74) is 7.84. The molecular weight excluding hydrogens is 212 g/mol. The van der Waals surface area contributed by atoms with Crippen molar-refractivity contribution < 1.29 is 0 Å². The van der Waals surface area contributed by atoms with Crippen LogP contribution in [0.1, 0.15) is 36.0 Å². The molecule has 2 rings (SSSR count). The van der Waals surface area contributed by atoms with Gasteiger partial charge in [0, 0.05) is 30.3 Å². The Kier molecular flexibility index (Phi) is 4.07. The highest BCUT2D eigenvalue weighted by molar-refractivity contribution is 5.15. The minimum atomic E-state index is 0.562. The Bertz CT molecular complexity index is 378. The van der Waals surface area contributed by atoms with Crippen molar-refractivity contribution in [3.8, 4) is 0 Å². The lowest BCUT2D eigenvalue weighted by Gasteiger charge is -2.29. The van der Waals surface area contributed by atoms with Crippen molar-refractivity contribution in [3.63, 3.8) is 0 Å². The maximum absolute atomic E-state index is 5.57. The zero-order valence-electron chi connectivity index (χ0n) is 10.8. The van der Waals surface area contributed by atoms with Crippen LogP contribution in [0, 0.1) is 6.92 Å². The van der Waals surface area contributed by atoms with Crippen LogP contribution < -0.4 is 5.73 Å². The van der Waals surface area contributed by atoms with Gasteiger partial charge in [-0.15, -0.1) is 0 Å². The van der Waals surface area contributed by atoms with Crippen molar-refractivity contribution >= 4 is 0 Å². The Balaban J connectivity index is 2.18. The smallest absolute Gasteiger partial charge is 0.130 e. The van der Waals surface area contributed by atoms with Gasteiger partial charge in [0.1, 0.15) is 5.82 Å². The van der Waals surface area contributed by atoms with Gasteiger partial charge >= 0.3 is 0 Å². The molecule has 4 heteroatoms. The molecule has 1 atom stereocenters. The molecule has 1 saturated heterocycles. The average Bonchev–Trinajstić information content (AvgIpc) is 2.28. The second-order valence-electron chi connectivity index (χ2n) is 4.99. The van der Waals surface area contributed by atoms with Crippen LogP contribution in [0.25, 0.3) is 0 Å². The maximum atomic E-state index is 5.57. The predicted molar refractivity (Wildman–Crippen MR) is 69.0 cm³/mol. The third-order valence-electron chi connectivity index (χ3n) is 3.33. The highest BCUT2D eigenvalue weighted by atomic mass is 15.1. The number of nitrogens with zero attached hydrogens (tertiary/aromatic N) is 3. The summed E-state index contributed by atoms with van der Waals surface area (Å²) in [6, 6.07) is 2.13. The summed E-state index contributed by atoms with van der Waals surface area (Å²) in [7, 11) is 2.18. The molecule has 1 aliphatic heterocycles. The lowest BCUT2D eigenvalue weighted by Crippen LogP contribution is -2.31. The predicted octanol–water partition coefficient (Wildman–Crippen LogP) is 1.10. The normalized spacial score (nSPS) is 21.7. The monoisotopic (exact) mass is 234 g/mol. The van der Waals surface area contributed by atoms with Crippen molar-refractivity contribution in [2.45, 2.75) is 32.1 Å². The minimum absolute atomic E-state index is 0.562. The molecule has 17 heavy (non-hydrogen) atoms. The molecule has 0 bridgehead atoms. The molecule has 2 N–H and O–H groups in total. The van der Waals surface area contributed by atoms with E-state index in [0.29, 0.717) is 12.5 Å². The second-order valence-corrected chi connectivity index (χ2v) is 4.99. The van der Waals surface area contributed by atoms with Crippen LogP contribution in [0.5, 0.6) is 0 Å². The molecule has 1 aliphatic rings. The number of rotatable bonds is 3. The molecule has 1 aromatic heterocycles. The van der Waals surface area contributed by atoms with Crippen LogP contribution in [0.3, 0.4) is 0 Å². The highest BCUT2D eigenvalue weighted by Crippen LogP contribution is 2.25. The zero-order valence-corrected chi connectivity index (χ0v) is 10.8. The minimum Gasteiger partial charge on any atom is -0.330 e. The molecule has 0 saturated carbocycles. The molecule has 94 valence electrons. The number of likely N-dealkylation sites (N-methyl/N-ethyl adjacent to an activating group) is 1. The summed E-state index contributed by atoms with van der Waals surface area (Å²) >= 11 is 0. The van der Waals surface area contributed by atoms with Gasteiger partial charge in [-0.05, 0) is 46.0 Å². The third-order valence-corrected chi connectivity index (χ3v) is 3.33. The van der Waals surface area contributed by atoms with Crippen LogP contribution in [-0.4, -0.2) is 41.5 Å². The molecule has 0 aliphatic carbocycles. The van der Waals surface area contributed by atoms with Crippen LogP contribution in [-0.2, 0) is 6.42 Å². The lowest BCUT2D eigenvalue weighted by atomic mass is 9.94. The summed E-state index contributed by atoms with van der Waals surface area (Å²) < 4.78 is 0. The number of likely N-dealkylation sites (tertiary alicyclic amines) is 1. The van der Waals surface area contributed by atoms with E-state index < -0.39 is 0 Å². The molecule has 1 aromatic rings. The first-order valence-corrected chi connectivity index (χ1v) is 6.42. The van der Waals surface area contributed by atoms with Gasteiger partial charge in [-0.1, -0.05) is 0 Å². The number of aromatic nitrogens is 2. The fourth-order valence-electron chi connectivity index (χ4n) is 2.51. The summed E-state index contributed by atoms with van der Waals surface area (Å²) in [5.74, 6) is 1.46. The van der Waals surface area contributed by atoms with Gasteiger partial charge in [0.2, 0.25) is 0 Å². The van der Waals surface area contributed by atoms with E-state index in [1.54, 1.807) is 0 Å². The number of aryl methyl sites for hydroxylation is 1. The number of nitrogens with two attached hydrogens (primary N) is 1. The van der Waals surface area contributed by atoms with E-state index in [0.717, 1.165) is 24.5 Å². The van der Waals surface area contributed by atoms with Crippen molar-refractivity contribution in [3.05, 3.63) is 23.3 Å². The van der Waals surface area contributed by atoms with Gasteiger partial charge in [-0.25, -0.2) is 9.97 Å². The molecule has 0 spiro atoms. The fraction of sp³-hybridized carbons (Fsp3) is 0.692. The molecule has 0 amide bonds. The molecule has 0 aromatic carbocycles. The Labute approximate surface area is 103 Å². The Morgan fingerprint density at radius 2 is 2.29 bits per heavy atom. The van der Waals surface area contributed by atoms with Gasteiger partial charge in [-0.2, -0.15) is 0 Å². The average molecular weight is 234 g/mol. The van der Waals surface area contributed by atoms with Crippen LogP contribution in [0.2, 0.25) is 0 Å². The molecule has 1 unspecified atom stereocenters. The van der Waals surface area contributed by atoms with E-state index in [-0.39, 0.29) is 0 Å². The van der Waals surface area contributed by atoms with Crippen LogP contribution in [0.15, 0.2) is 6.07 Å². The van der Waals surface area contributed by atoms with E-state index in [1.807, 2.05) is 6.92 Å². The quantitative estimate of drug-likeness (QED) is 0.851.